The Morgan fingerprint density at radius 2 is 1.90 bits per heavy atom. The van der Waals surface area contributed by atoms with Crippen molar-refractivity contribution in [3.8, 4) is 17.2 Å². The van der Waals surface area contributed by atoms with Crippen LogP contribution >= 0.6 is 0 Å². The van der Waals surface area contributed by atoms with Crippen molar-refractivity contribution in [2.24, 2.45) is 0 Å². The van der Waals surface area contributed by atoms with Gasteiger partial charge < -0.3 is 19.5 Å². The molecule has 1 aliphatic carbocycles. The zero-order valence-electron chi connectivity index (χ0n) is 17.5. The van der Waals surface area contributed by atoms with Gasteiger partial charge in [0.2, 0.25) is 0 Å². The van der Waals surface area contributed by atoms with Gasteiger partial charge in [0, 0.05) is 12.0 Å². The van der Waals surface area contributed by atoms with E-state index in [0.29, 0.717) is 29.2 Å². The van der Waals surface area contributed by atoms with E-state index in [0.717, 1.165) is 16.7 Å². The molecule has 2 aromatic carbocycles. The summed E-state index contributed by atoms with van der Waals surface area (Å²) in [5.41, 5.74) is 3.53. The number of Topliss-reactive ketones (excluding diaryl/α,β-unsaturated/α-hetero) is 1. The summed E-state index contributed by atoms with van der Waals surface area (Å²) in [4.78, 5) is 24.9. The van der Waals surface area contributed by atoms with E-state index >= 15 is 0 Å². The summed E-state index contributed by atoms with van der Waals surface area (Å²) in [6, 6.07) is 8.83. The zero-order valence-corrected chi connectivity index (χ0v) is 17.5. The first-order valence-electron chi connectivity index (χ1n) is 9.66. The molecule has 0 radical (unpaired) electrons. The topological polar surface area (TPSA) is 73.9 Å². The lowest BCUT2D eigenvalue weighted by Gasteiger charge is -2.19. The molecule has 3 rings (SSSR count). The largest absolute Gasteiger partial charge is 0.497 e. The first kappa shape index (κ1) is 20.7. The standard InChI is InChI=1S/C23H27NO5/c1-13-6-8-20(23-18(25)10-14(2)22(13)23)29-12-21(26)24-15(3)17-11-16(27-4)7-9-19(17)28-5/h6-9,11,14-15H,10,12H2,1-5H3,(H,24,26). The molecule has 2 unspecified atom stereocenters. The van der Waals surface area contributed by atoms with Crippen LogP contribution in [0.5, 0.6) is 17.2 Å². The summed E-state index contributed by atoms with van der Waals surface area (Å²) in [6.07, 6.45) is 0.482. The normalized spacial score (nSPS) is 16.2. The highest BCUT2D eigenvalue weighted by molar-refractivity contribution is 6.04. The number of hydrogen-bond donors (Lipinski definition) is 1. The molecule has 1 N–H and O–H groups in total. The van der Waals surface area contributed by atoms with Gasteiger partial charge in [-0.15, -0.1) is 0 Å². The molecule has 0 aromatic heterocycles. The predicted octanol–water partition coefficient (Wildman–Crippen LogP) is 3.96. The maximum atomic E-state index is 12.5. The maximum absolute atomic E-state index is 12.5. The summed E-state index contributed by atoms with van der Waals surface area (Å²) in [7, 11) is 3.17. The van der Waals surface area contributed by atoms with E-state index in [9.17, 15) is 9.59 Å². The van der Waals surface area contributed by atoms with Gasteiger partial charge in [-0.05, 0) is 55.2 Å². The number of amides is 1. The molecule has 0 bridgehead atoms. The minimum Gasteiger partial charge on any atom is -0.497 e. The summed E-state index contributed by atoms with van der Waals surface area (Å²) >= 11 is 0. The number of aryl methyl sites for hydroxylation is 1. The molecule has 0 spiro atoms. The van der Waals surface area contributed by atoms with Crippen LogP contribution in [0.15, 0.2) is 30.3 Å². The van der Waals surface area contributed by atoms with Gasteiger partial charge in [-0.3, -0.25) is 9.59 Å². The quantitative estimate of drug-likeness (QED) is 0.766. The van der Waals surface area contributed by atoms with E-state index in [4.69, 9.17) is 14.2 Å². The monoisotopic (exact) mass is 397 g/mol. The molecule has 1 aliphatic rings. The fraction of sp³-hybridized carbons (Fsp3) is 0.391. The fourth-order valence-corrected chi connectivity index (χ4v) is 3.91. The van der Waals surface area contributed by atoms with Crippen LogP contribution in [-0.2, 0) is 4.79 Å². The molecular formula is C23H27NO5. The van der Waals surface area contributed by atoms with Crippen molar-refractivity contribution < 1.29 is 23.8 Å². The molecule has 0 fully saturated rings. The van der Waals surface area contributed by atoms with Crippen molar-refractivity contribution in [2.45, 2.75) is 39.2 Å². The number of carbonyl (C=O) groups is 2. The van der Waals surface area contributed by atoms with E-state index in [1.807, 2.05) is 32.9 Å². The first-order valence-corrected chi connectivity index (χ1v) is 9.66. The maximum Gasteiger partial charge on any atom is 0.258 e. The second kappa shape index (κ2) is 8.55. The second-order valence-corrected chi connectivity index (χ2v) is 7.38. The minimum atomic E-state index is -0.304. The van der Waals surface area contributed by atoms with Gasteiger partial charge in [-0.2, -0.15) is 0 Å². The van der Waals surface area contributed by atoms with Crippen LogP contribution < -0.4 is 19.5 Å². The molecule has 0 aliphatic heterocycles. The van der Waals surface area contributed by atoms with Gasteiger partial charge in [0.1, 0.15) is 17.2 Å². The van der Waals surface area contributed by atoms with Gasteiger partial charge in [0.05, 0.1) is 25.8 Å². The number of fused-ring (bicyclic) bond motifs is 1. The molecular weight excluding hydrogens is 370 g/mol. The molecule has 2 atom stereocenters. The van der Waals surface area contributed by atoms with Gasteiger partial charge in [0.25, 0.3) is 5.91 Å². The molecule has 0 heterocycles. The van der Waals surface area contributed by atoms with Crippen LogP contribution in [0.4, 0.5) is 0 Å². The number of methoxy groups -OCH3 is 2. The molecule has 2 aromatic rings. The SMILES string of the molecule is COc1ccc(OC)c(C(C)NC(=O)COc2ccc(C)c3c2C(=O)CC3C)c1. The van der Waals surface area contributed by atoms with Crippen molar-refractivity contribution in [3.05, 3.63) is 52.6 Å². The number of ketones is 1. The lowest BCUT2D eigenvalue weighted by Crippen LogP contribution is -2.31. The summed E-state index contributed by atoms with van der Waals surface area (Å²) in [5, 5.41) is 2.91. The second-order valence-electron chi connectivity index (χ2n) is 7.38. The van der Waals surface area contributed by atoms with Crippen LogP contribution in [0.3, 0.4) is 0 Å². The Morgan fingerprint density at radius 3 is 2.59 bits per heavy atom. The third-order valence-electron chi connectivity index (χ3n) is 5.33. The highest BCUT2D eigenvalue weighted by atomic mass is 16.5. The average Bonchev–Trinajstić information content (AvgIpc) is 3.02. The summed E-state index contributed by atoms with van der Waals surface area (Å²) < 4.78 is 16.4. The Labute approximate surface area is 171 Å². The van der Waals surface area contributed by atoms with Crippen molar-refractivity contribution in [1.82, 2.24) is 5.32 Å². The van der Waals surface area contributed by atoms with Crippen molar-refractivity contribution in [3.63, 3.8) is 0 Å². The third-order valence-corrected chi connectivity index (χ3v) is 5.33. The van der Waals surface area contributed by atoms with Crippen molar-refractivity contribution >= 4 is 11.7 Å². The Bertz CT molecular complexity index is 937. The first-order chi connectivity index (χ1) is 13.8. The average molecular weight is 397 g/mol. The van der Waals surface area contributed by atoms with E-state index in [2.05, 4.69) is 5.32 Å². The summed E-state index contributed by atoms with van der Waals surface area (Å²) in [5.74, 6) is 1.78. The summed E-state index contributed by atoms with van der Waals surface area (Å²) in [6.45, 7) is 5.72. The predicted molar refractivity (Wildman–Crippen MR) is 110 cm³/mol. The Balaban J connectivity index is 1.70. The van der Waals surface area contributed by atoms with Crippen LogP contribution in [0.2, 0.25) is 0 Å². The van der Waals surface area contributed by atoms with Gasteiger partial charge >= 0.3 is 0 Å². The molecule has 154 valence electrons. The highest BCUT2D eigenvalue weighted by Crippen LogP contribution is 2.40. The zero-order chi connectivity index (χ0) is 21.1. The lowest BCUT2D eigenvalue weighted by atomic mass is 9.97. The van der Waals surface area contributed by atoms with E-state index in [1.165, 1.54) is 0 Å². The van der Waals surface area contributed by atoms with E-state index < -0.39 is 0 Å². The number of ether oxygens (including phenoxy) is 3. The number of rotatable bonds is 7. The van der Waals surface area contributed by atoms with Crippen molar-refractivity contribution in [2.75, 3.05) is 20.8 Å². The Kier molecular flexibility index (Phi) is 6.11. The van der Waals surface area contributed by atoms with Crippen LogP contribution in [0.1, 0.15) is 59.3 Å². The van der Waals surface area contributed by atoms with Crippen LogP contribution in [0.25, 0.3) is 0 Å². The number of carbonyl (C=O) groups excluding carboxylic acids is 2. The minimum absolute atomic E-state index is 0.0705. The van der Waals surface area contributed by atoms with Gasteiger partial charge in [0.15, 0.2) is 12.4 Å². The fourth-order valence-electron chi connectivity index (χ4n) is 3.91. The molecule has 6 heteroatoms. The van der Waals surface area contributed by atoms with Gasteiger partial charge in [-0.25, -0.2) is 0 Å². The Hall–Kier alpha value is -3.02. The van der Waals surface area contributed by atoms with Crippen LogP contribution in [-0.4, -0.2) is 32.5 Å². The third kappa shape index (κ3) is 4.21. The van der Waals surface area contributed by atoms with Crippen LogP contribution in [0, 0.1) is 6.92 Å². The smallest absolute Gasteiger partial charge is 0.258 e. The highest BCUT2D eigenvalue weighted by Gasteiger charge is 2.31. The number of benzene rings is 2. The van der Waals surface area contributed by atoms with Gasteiger partial charge in [-0.1, -0.05) is 13.0 Å². The molecule has 0 saturated carbocycles. The molecule has 0 saturated heterocycles. The molecule has 1 amide bonds. The Morgan fingerprint density at radius 1 is 1.17 bits per heavy atom. The van der Waals surface area contributed by atoms with Crippen molar-refractivity contribution in [1.29, 1.82) is 0 Å². The lowest BCUT2D eigenvalue weighted by molar-refractivity contribution is -0.123. The van der Waals surface area contributed by atoms with E-state index in [1.54, 1.807) is 32.4 Å². The number of hydrogen-bond acceptors (Lipinski definition) is 5. The molecule has 6 nitrogen and oxygen atoms in total. The number of nitrogens with one attached hydrogen (secondary N) is 1. The molecule has 29 heavy (non-hydrogen) atoms. The van der Waals surface area contributed by atoms with E-state index in [-0.39, 0.29) is 30.3 Å².